The fraction of sp³-hybridized carbons (Fsp3) is 0.400. The van der Waals surface area contributed by atoms with E-state index in [-0.39, 0.29) is 18.1 Å². The zero-order valence-corrected chi connectivity index (χ0v) is 15.5. The highest BCUT2D eigenvalue weighted by Crippen LogP contribution is 2.11. The van der Waals surface area contributed by atoms with Crippen molar-refractivity contribution in [2.45, 2.75) is 39.2 Å². The van der Waals surface area contributed by atoms with E-state index in [4.69, 9.17) is 0 Å². The molecule has 2 amide bonds. The lowest BCUT2D eigenvalue weighted by Gasteiger charge is -2.20. The molecule has 7 heteroatoms. The minimum Gasteiger partial charge on any atom is -0.341 e. The van der Waals surface area contributed by atoms with Crippen LogP contribution in [0.25, 0.3) is 0 Å². The second-order valence-corrected chi connectivity index (χ2v) is 6.83. The molecule has 1 fully saturated rings. The van der Waals surface area contributed by atoms with Crippen molar-refractivity contribution in [3.8, 4) is 0 Å². The quantitative estimate of drug-likeness (QED) is 0.897. The fourth-order valence-corrected chi connectivity index (χ4v) is 3.06. The summed E-state index contributed by atoms with van der Waals surface area (Å²) < 4.78 is 1.07. The van der Waals surface area contributed by atoms with E-state index in [1.54, 1.807) is 17.0 Å². The molecular formula is C20H24N4O3. The number of anilines is 1. The Labute approximate surface area is 158 Å². The summed E-state index contributed by atoms with van der Waals surface area (Å²) in [6.45, 7) is 3.23. The first kappa shape index (κ1) is 18.8. The Kier molecular flexibility index (Phi) is 6.01. The Hall–Kier alpha value is -2.96. The predicted molar refractivity (Wildman–Crippen MR) is 103 cm³/mol. The van der Waals surface area contributed by atoms with Gasteiger partial charge in [0.25, 0.3) is 11.5 Å². The number of carbonyl (C=O) groups excluding carboxylic acids is 2. The molecule has 1 aliphatic heterocycles. The summed E-state index contributed by atoms with van der Waals surface area (Å²) in [5.41, 5.74) is 1.43. The molecule has 0 saturated carbocycles. The number of rotatable bonds is 4. The number of aromatic nitrogens is 2. The van der Waals surface area contributed by atoms with Crippen LogP contribution in [0.5, 0.6) is 0 Å². The maximum absolute atomic E-state index is 12.5. The number of carbonyl (C=O) groups is 2. The number of nitrogens with one attached hydrogen (secondary N) is 1. The van der Waals surface area contributed by atoms with Crippen molar-refractivity contribution < 1.29 is 9.59 Å². The molecule has 0 aliphatic carbocycles. The van der Waals surface area contributed by atoms with E-state index in [2.05, 4.69) is 10.4 Å². The Morgan fingerprint density at radius 3 is 2.33 bits per heavy atom. The average Bonchev–Trinajstić information content (AvgIpc) is 2.95. The van der Waals surface area contributed by atoms with Gasteiger partial charge in [-0.05, 0) is 38.0 Å². The van der Waals surface area contributed by atoms with Crippen LogP contribution in [0.3, 0.4) is 0 Å². The molecule has 0 bridgehead atoms. The van der Waals surface area contributed by atoms with Gasteiger partial charge >= 0.3 is 0 Å². The van der Waals surface area contributed by atoms with Gasteiger partial charge in [-0.3, -0.25) is 14.4 Å². The standard InChI is InChI=1S/C20H24N4O3/c1-15-6-8-16(9-7-15)21-20(27)17-10-11-18(25)24(22-17)14-19(26)23-12-4-2-3-5-13-23/h6-11H,2-5,12-14H2,1H3,(H,21,27). The average molecular weight is 368 g/mol. The van der Waals surface area contributed by atoms with Crippen molar-refractivity contribution in [2.24, 2.45) is 0 Å². The smallest absolute Gasteiger partial charge is 0.276 e. The molecule has 0 spiro atoms. The van der Waals surface area contributed by atoms with Crippen LogP contribution in [0.2, 0.25) is 0 Å². The van der Waals surface area contributed by atoms with Gasteiger partial charge in [-0.1, -0.05) is 30.5 Å². The van der Waals surface area contributed by atoms with Gasteiger partial charge in [0.2, 0.25) is 5.91 Å². The molecule has 2 heterocycles. The van der Waals surface area contributed by atoms with E-state index in [9.17, 15) is 14.4 Å². The van der Waals surface area contributed by atoms with E-state index in [0.717, 1.165) is 35.9 Å². The van der Waals surface area contributed by atoms with Crippen molar-refractivity contribution >= 4 is 17.5 Å². The number of benzene rings is 1. The lowest BCUT2D eigenvalue weighted by molar-refractivity contribution is -0.132. The summed E-state index contributed by atoms with van der Waals surface area (Å²) in [6, 6.07) is 10.0. The summed E-state index contributed by atoms with van der Waals surface area (Å²) in [4.78, 5) is 38.8. The van der Waals surface area contributed by atoms with Crippen molar-refractivity contribution in [1.82, 2.24) is 14.7 Å². The zero-order chi connectivity index (χ0) is 19.2. The molecular weight excluding hydrogens is 344 g/mol. The lowest BCUT2D eigenvalue weighted by atomic mass is 10.2. The Bertz CT molecular complexity index is 866. The van der Waals surface area contributed by atoms with Crippen molar-refractivity contribution in [3.05, 3.63) is 58.0 Å². The van der Waals surface area contributed by atoms with Crippen LogP contribution in [-0.2, 0) is 11.3 Å². The van der Waals surface area contributed by atoms with E-state index >= 15 is 0 Å². The molecule has 1 aromatic heterocycles. The maximum Gasteiger partial charge on any atom is 0.276 e. The molecule has 0 radical (unpaired) electrons. The second-order valence-electron chi connectivity index (χ2n) is 6.83. The molecule has 1 aromatic carbocycles. The highest BCUT2D eigenvalue weighted by atomic mass is 16.2. The van der Waals surface area contributed by atoms with Crippen molar-refractivity contribution in [1.29, 1.82) is 0 Å². The van der Waals surface area contributed by atoms with Gasteiger partial charge in [0.1, 0.15) is 12.2 Å². The lowest BCUT2D eigenvalue weighted by Crippen LogP contribution is -2.38. The van der Waals surface area contributed by atoms with Gasteiger partial charge in [0, 0.05) is 24.8 Å². The third-order valence-electron chi connectivity index (χ3n) is 4.65. The summed E-state index contributed by atoms with van der Waals surface area (Å²) >= 11 is 0. The Morgan fingerprint density at radius 2 is 1.67 bits per heavy atom. The number of hydrogen-bond donors (Lipinski definition) is 1. The largest absolute Gasteiger partial charge is 0.341 e. The molecule has 2 aromatic rings. The first-order valence-corrected chi connectivity index (χ1v) is 9.27. The van der Waals surface area contributed by atoms with Crippen LogP contribution in [-0.4, -0.2) is 39.6 Å². The molecule has 1 saturated heterocycles. The van der Waals surface area contributed by atoms with Gasteiger partial charge in [-0.15, -0.1) is 0 Å². The van der Waals surface area contributed by atoms with Crippen LogP contribution in [0.15, 0.2) is 41.2 Å². The molecule has 7 nitrogen and oxygen atoms in total. The summed E-state index contributed by atoms with van der Waals surface area (Å²) in [7, 11) is 0. The zero-order valence-electron chi connectivity index (χ0n) is 15.5. The van der Waals surface area contributed by atoms with E-state index < -0.39 is 11.5 Å². The number of nitrogens with zero attached hydrogens (tertiary/aromatic N) is 3. The third kappa shape index (κ3) is 5.03. The summed E-state index contributed by atoms with van der Waals surface area (Å²) in [5.74, 6) is -0.558. The van der Waals surface area contributed by atoms with Crippen LogP contribution < -0.4 is 10.9 Å². The van der Waals surface area contributed by atoms with Gasteiger partial charge < -0.3 is 10.2 Å². The van der Waals surface area contributed by atoms with Gasteiger partial charge in [0.05, 0.1) is 0 Å². The first-order valence-electron chi connectivity index (χ1n) is 9.27. The molecule has 0 unspecified atom stereocenters. The summed E-state index contributed by atoms with van der Waals surface area (Å²) in [5, 5.41) is 6.83. The van der Waals surface area contributed by atoms with Gasteiger partial charge in [-0.25, -0.2) is 4.68 Å². The monoisotopic (exact) mass is 368 g/mol. The van der Waals surface area contributed by atoms with E-state index in [1.807, 2.05) is 19.1 Å². The molecule has 0 atom stereocenters. The van der Waals surface area contributed by atoms with Crippen LogP contribution in [0.1, 0.15) is 41.7 Å². The highest BCUT2D eigenvalue weighted by molar-refractivity contribution is 6.02. The number of amides is 2. The SMILES string of the molecule is Cc1ccc(NC(=O)c2ccc(=O)n(CC(=O)N3CCCCCC3)n2)cc1. The van der Waals surface area contributed by atoms with Crippen molar-refractivity contribution in [2.75, 3.05) is 18.4 Å². The minimum atomic E-state index is -0.421. The Balaban J connectivity index is 1.71. The molecule has 1 N–H and O–H groups in total. The molecule has 1 aliphatic rings. The predicted octanol–water partition coefficient (Wildman–Crippen LogP) is 2.21. The number of likely N-dealkylation sites (tertiary alicyclic amines) is 1. The van der Waals surface area contributed by atoms with Crippen LogP contribution in [0.4, 0.5) is 5.69 Å². The van der Waals surface area contributed by atoms with Crippen LogP contribution >= 0.6 is 0 Å². The molecule has 3 rings (SSSR count). The third-order valence-corrected chi connectivity index (χ3v) is 4.65. The van der Waals surface area contributed by atoms with Crippen LogP contribution in [0, 0.1) is 6.92 Å². The van der Waals surface area contributed by atoms with E-state index in [0.29, 0.717) is 18.8 Å². The maximum atomic E-state index is 12.5. The van der Waals surface area contributed by atoms with Crippen molar-refractivity contribution in [3.63, 3.8) is 0 Å². The molecule has 142 valence electrons. The van der Waals surface area contributed by atoms with Gasteiger partial charge in [0.15, 0.2) is 0 Å². The van der Waals surface area contributed by atoms with E-state index in [1.165, 1.54) is 12.1 Å². The minimum absolute atomic E-state index is 0.0961. The highest BCUT2D eigenvalue weighted by Gasteiger charge is 2.18. The summed E-state index contributed by atoms with van der Waals surface area (Å²) in [6.07, 6.45) is 4.20. The topological polar surface area (TPSA) is 84.3 Å². The normalized spacial score (nSPS) is 14.5. The number of aryl methyl sites for hydroxylation is 1. The fourth-order valence-electron chi connectivity index (χ4n) is 3.06. The second kappa shape index (κ2) is 8.62. The first-order chi connectivity index (χ1) is 13.0. The Morgan fingerprint density at radius 1 is 1.00 bits per heavy atom. The number of hydrogen-bond acceptors (Lipinski definition) is 4. The molecule has 27 heavy (non-hydrogen) atoms. The van der Waals surface area contributed by atoms with Gasteiger partial charge in [-0.2, -0.15) is 5.10 Å².